The molecule has 1 heterocycles. The molecule has 114 valence electrons. The third-order valence-corrected chi connectivity index (χ3v) is 3.42. The molecule has 1 aliphatic rings. The van der Waals surface area contributed by atoms with Crippen molar-refractivity contribution < 1.29 is 9.18 Å². The van der Waals surface area contributed by atoms with Gasteiger partial charge in [0.2, 0.25) is 0 Å². The molecule has 0 saturated heterocycles. The third-order valence-electron chi connectivity index (χ3n) is 3.13. The zero-order valence-corrected chi connectivity index (χ0v) is 12.3. The third kappa shape index (κ3) is 3.85. The highest BCUT2D eigenvalue weighted by Gasteiger charge is 2.23. The van der Waals surface area contributed by atoms with Crippen LogP contribution in [0.5, 0.6) is 0 Å². The number of amides is 2. The number of benzene rings is 1. The van der Waals surface area contributed by atoms with Crippen LogP contribution < -0.4 is 16.0 Å². The van der Waals surface area contributed by atoms with Crippen molar-refractivity contribution in [2.24, 2.45) is 0 Å². The molecule has 2 amide bonds. The van der Waals surface area contributed by atoms with E-state index in [2.05, 4.69) is 20.9 Å². The molecule has 3 N–H and O–H groups in total. The Balaban J connectivity index is 1.60. The fourth-order valence-electron chi connectivity index (χ4n) is 1.84. The molecule has 22 heavy (non-hydrogen) atoms. The Kier molecular flexibility index (Phi) is 4.11. The van der Waals surface area contributed by atoms with E-state index in [4.69, 9.17) is 11.6 Å². The van der Waals surface area contributed by atoms with Crippen molar-refractivity contribution in [2.75, 3.05) is 10.6 Å². The van der Waals surface area contributed by atoms with Gasteiger partial charge in [-0.15, -0.1) is 0 Å². The number of pyridine rings is 1. The zero-order valence-electron chi connectivity index (χ0n) is 11.6. The quantitative estimate of drug-likeness (QED) is 0.800. The molecule has 0 bridgehead atoms. The van der Waals surface area contributed by atoms with E-state index in [0.717, 1.165) is 12.8 Å². The first-order valence-corrected chi connectivity index (χ1v) is 7.23. The van der Waals surface area contributed by atoms with Crippen molar-refractivity contribution >= 4 is 34.8 Å². The Bertz CT molecular complexity index is 688. The summed E-state index contributed by atoms with van der Waals surface area (Å²) in [6, 6.07) is 7.85. The standard InChI is InChI=1S/C15H14ClFN4O/c16-12-7-10(3-5-13(12)17)19-14-6-4-11(8-18-14)21-15(22)20-9-1-2-9/h3-9H,1-2H2,(H,18,19)(H2,20,21,22). The Hall–Kier alpha value is -2.34. The van der Waals surface area contributed by atoms with E-state index in [0.29, 0.717) is 23.2 Å². The van der Waals surface area contributed by atoms with Crippen molar-refractivity contribution in [1.82, 2.24) is 10.3 Å². The monoisotopic (exact) mass is 320 g/mol. The number of nitrogens with one attached hydrogen (secondary N) is 3. The number of halogens is 2. The van der Waals surface area contributed by atoms with Gasteiger partial charge in [0.05, 0.1) is 16.9 Å². The van der Waals surface area contributed by atoms with Crippen LogP contribution in [0.2, 0.25) is 5.02 Å². The van der Waals surface area contributed by atoms with E-state index in [9.17, 15) is 9.18 Å². The molecule has 7 heteroatoms. The Morgan fingerprint density at radius 2 is 2.00 bits per heavy atom. The van der Waals surface area contributed by atoms with Gasteiger partial charge in [0.15, 0.2) is 0 Å². The number of hydrogen-bond acceptors (Lipinski definition) is 3. The highest BCUT2D eigenvalue weighted by atomic mass is 35.5. The van der Waals surface area contributed by atoms with Gasteiger partial charge in [-0.05, 0) is 43.2 Å². The number of nitrogens with zero attached hydrogens (tertiary/aromatic N) is 1. The molecule has 1 aliphatic carbocycles. The second kappa shape index (κ2) is 6.19. The molecule has 1 aromatic carbocycles. The summed E-state index contributed by atoms with van der Waals surface area (Å²) >= 11 is 5.72. The van der Waals surface area contributed by atoms with Crippen LogP contribution in [0, 0.1) is 5.82 Å². The summed E-state index contributed by atoms with van der Waals surface area (Å²) in [5.41, 5.74) is 1.23. The lowest BCUT2D eigenvalue weighted by Gasteiger charge is -2.09. The maximum absolute atomic E-state index is 13.1. The second-order valence-electron chi connectivity index (χ2n) is 5.06. The molecular formula is C15H14ClFN4O. The molecule has 0 atom stereocenters. The minimum Gasteiger partial charge on any atom is -0.340 e. The first kappa shape index (κ1) is 14.6. The summed E-state index contributed by atoms with van der Waals surface area (Å²) in [5.74, 6) is 0.0947. The minimum absolute atomic E-state index is 0.0417. The summed E-state index contributed by atoms with van der Waals surface area (Å²) < 4.78 is 13.1. The molecule has 0 aliphatic heterocycles. The maximum Gasteiger partial charge on any atom is 0.319 e. The van der Waals surface area contributed by atoms with Gasteiger partial charge in [0.1, 0.15) is 11.6 Å². The summed E-state index contributed by atoms with van der Waals surface area (Å²) in [4.78, 5) is 15.8. The lowest BCUT2D eigenvalue weighted by molar-refractivity contribution is 0.251. The molecular weight excluding hydrogens is 307 g/mol. The number of carbonyl (C=O) groups is 1. The number of rotatable bonds is 4. The molecule has 2 aromatic rings. The normalized spacial score (nSPS) is 13.5. The van der Waals surface area contributed by atoms with Crippen molar-refractivity contribution in [1.29, 1.82) is 0 Å². The fraction of sp³-hybridized carbons (Fsp3) is 0.200. The number of aromatic nitrogens is 1. The average Bonchev–Trinajstić information content (AvgIpc) is 3.29. The molecule has 0 unspecified atom stereocenters. The lowest BCUT2D eigenvalue weighted by atomic mass is 10.3. The number of hydrogen-bond donors (Lipinski definition) is 3. The molecule has 0 spiro atoms. The van der Waals surface area contributed by atoms with Crippen molar-refractivity contribution in [3.8, 4) is 0 Å². The summed E-state index contributed by atoms with van der Waals surface area (Å²) in [7, 11) is 0. The Labute approximate surface area is 131 Å². The van der Waals surface area contributed by atoms with Gasteiger partial charge < -0.3 is 16.0 Å². The number of urea groups is 1. The number of carbonyl (C=O) groups excluding carboxylic acids is 1. The van der Waals surface area contributed by atoms with Gasteiger partial charge in [0.25, 0.3) is 0 Å². The average molecular weight is 321 g/mol. The number of anilines is 3. The highest BCUT2D eigenvalue weighted by molar-refractivity contribution is 6.31. The molecule has 3 rings (SSSR count). The van der Waals surface area contributed by atoms with Gasteiger partial charge in [-0.25, -0.2) is 14.2 Å². The molecule has 1 fully saturated rings. The van der Waals surface area contributed by atoms with E-state index >= 15 is 0 Å². The van der Waals surface area contributed by atoms with Crippen LogP contribution in [0.1, 0.15) is 12.8 Å². The van der Waals surface area contributed by atoms with Crippen LogP contribution in [-0.4, -0.2) is 17.1 Å². The van der Waals surface area contributed by atoms with Crippen molar-refractivity contribution in [3.63, 3.8) is 0 Å². The zero-order chi connectivity index (χ0) is 15.5. The van der Waals surface area contributed by atoms with Crippen LogP contribution >= 0.6 is 11.6 Å². The second-order valence-corrected chi connectivity index (χ2v) is 5.47. The Morgan fingerprint density at radius 3 is 2.64 bits per heavy atom. The maximum atomic E-state index is 13.1. The molecule has 5 nitrogen and oxygen atoms in total. The van der Waals surface area contributed by atoms with Gasteiger partial charge in [0, 0.05) is 11.7 Å². The highest BCUT2D eigenvalue weighted by Crippen LogP contribution is 2.22. The van der Waals surface area contributed by atoms with E-state index in [1.54, 1.807) is 24.4 Å². The van der Waals surface area contributed by atoms with E-state index < -0.39 is 5.82 Å². The van der Waals surface area contributed by atoms with E-state index in [-0.39, 0.29) is 11.1 Å². The summed E-state index contributed by atoms with van der Waals surface area (Å²) in [6.45, 7) is 0. The summed E-state index contributed by atoms with van der Waals surface area (Å²) in [5, 5.41) is 8.58. The Morgan fingerprint density at radius 1 is 1.23 bits per heavy atom. The SMILES string of the molecule is O=C(Nc1ccc(Nc2ccc(F)c(Cl)c2)nc1)NC1CC1. The van der Waals surface area contributed by atoms with Crippen molar-refractivity contribution in [2.45, 2.75) is 18.9 Å². The van der Waals surface area contributed by atoms with Gasteiger partial charge in [-0.3, -0.25) is 0 Å². The van der Waals surface area contributed by atoms with Crippen LogP contribution in [0.4, 0.5) is 26.4 Å². The molecule has 1 saturated carbocycles. The lowest BCUT2D eigenvalue weighted by Crippen LogP contribution is -2.30. The van der Waals surface area contributed by atoms with Gasteiger partial charge >= 0.3 is 6.03 Å². The fourth-order valence-corrected chi connectivity index (χ4v) is 2.02. The van der Waals surface area contributed by atoms with Crippen LogP contribution in [-0.2, 0) is 0 Å². The van der Waals surface area contributed by atoms with Gasteiger partial charge in [-0.1, -0.05) is 11.6 Å². The first-order valence-electron chi connectivity index (χ1n) is 6.86. The smallest absolute Gasteiger partial charge is 0.319 e. The predicted octanol–water partition coefficient (Wildman–Crippen LogP) is 3.90. The largest absolute Gasteiger partial charge is 0.340 e. The van der Waals surface area contributed by atoms with Gasteiger partial charge in [-0.2, -0.15) is 0 Å². The van der Waals surface area contributed by atoms with Crippen LogP contribution in [0.3, 0.4) is 0 Å². The van der Waals surface area contributed by atoms with Crippen LogP contribution in [0.25, 0.3) is 0 Å². The predicted molar refractivity (Wildman–Crippen MR) is 84.1 cm³/mol. The molecule has 0 radical (unpaired) electrons. The van der Waals surface area contributed by atoms with Crippen LogP contribution in [0.15, 0.2) is 36.5 Å². The van der Waals surface area contributed by atoms with Crippen molar-refractivity contribution in [3.05, 3.63) is 47.4 Å². The summed E-state index contributed by atoms with van der Waals surface area (Å²) in [6.07, 6.45) is 3.61. The first-order chi connectivity index (χ1) is 10.6. The van der Waals surface area contributed by atoms with E-state index in [1.807, 2.05) is 0 Å². The van der Waals surface area contributed by atoms with E-state index in [1.165, 1.54) is 12.1 Å². The minimum atomic E-state index is -0.471. The topological polar surface area (TPSA) is 66.0 Å². The molecule has 1 aromatic heterocycles.